The molecule has 1 rings (SSSR count). The lowest BCUT2D eigenvalue weighted by Gasteiger charge is -2.20. The molecule has 5 heteroatoms. The highest BCUT2D eigenvalue weighted by Crippen LogP contribution is 2.06. The zero-order chi connectivity index (χ0) is 13.6. The van der Waals surface area contributed by atoms with Crippen LogP contribution in [0.3, 0.4) is 0 Å². The maximum atomic E-state index is 11.4. The summed E-state index contributed by atoms with van der Waals surface area (Å²) in [5, 5.41) is 2.65. The third-order valence-electron chi connectivity index (χ3n) is 2.10. The van der Waals surface area contributed by atoms with E-state index in [1.54, 1.807) is 6.20 Å². The number of pyridine rings is 1. The van der Waals surface area contributed by atoms with Crippen LogP contribution < -0.4 is 11.1 Å². The molecule has 0 spiro atoms. The monoisotopic (exact) mass is 251 g/mol. The molecule has 0 aliphatic rings. The standard InChI is InChI=1S/C13H21N3O2/c1-13(2,3)18-12(17)16-9-10(14)8-11-6-4-5-7-15-11/h4-7,10H,8-9,14H2,1-3H3,(H,16,17). The van der Waals surface area contributed by atoms with E-state index in [1.165, 1.54) is 0 Å². The largest absolute Gasteiger partial charge is 0.444 e. The van der Waals surface area contributed by atoms with E-state index in [4.69, 9.17) is 10.5 Å². The van der Waals surface area contributed by atoms with Crippen LogP contribution in [0.5, 0.6) is 0 Å². The maximum absolute atomic E-state index is 11.4. The lowest BCUT2D eigenvalue weighted by atomic mass is 10.1. The molecule has 0 saturated carbocycles. The Hall–Kier alpha value is -1.62. The van der Waals surface area contributed by atoms with Gasteiger partial charge in [-0.3, -0.25) is 4.98 Å². The predicted molar refractivity (Wildman–Crippen MR) is 70.2 cm³/mol. The SMILES string of the molecule is CC(C)(C)OC(=O)NCC(N)Cc1ccccn1. The summed E-state index contributed by atoms with van der Waals surface area (Å²) in [5.74, 6) is 0. The van der Waals surface area contributed by atoms with Crippen molar-refractivity contribution < 1.29 is 9.53 Å². The number of carbonyl (C=O) groups is 1. The van der Waals surface area contributed by atoms with Crippen LogP contribution in [0.2, 0.25) is 0 Å². The number of aromatic nitrogens is 1. The van der Waals surface area contributed by atoms with Gasteiger partial charge in [0.15, 0.2) is 0 Å². The molecule has 5 nitrogen and oxygen atoms in total. The first-order valence-electron chi connectivity index (χ1n) is 5.99. The lowest BCUT2D eigenvalue weighted by molar-refractivity contribution is 0.0524. The van der Waals surface area contributed by atoms with Gasteiger partial charge in [-0.05, 0) is 32.9 Å². The van der Waals surface area contributed by atoms with E-state index in [1.807, 2.05) is 39.0 Å². The zero-order valence-electron chi connectivity index (χ0n) is 11.1. The smallest absolute Gasteiger partial charge is 0.407 e. The topological polar surface area (TPSA) is 77.2 Å². The highest BCUT2D eigenvalue weighted by atomic mass is 16.6. The number of carbonyl (C=O) groups excluding carboxylic acids is 1. The van der Waals surface area contributed by atoms with Gasteiger partial charge in [0.25, 0.3) is 0 Å². The van der Waals surface area contributed by atoms with Crippen LogP contribution in [0.1, 0.15) is 26.5 Å². The van der Waals surface area contributed by atoms with E-state index < -0.39 is 11.7 Å². The number of hydrogen-bond acceptors (Lipinski definition) is 4. The van der Waals surface area contributed by atoms with Crippen molar-refractivity contribution in [1.82, 2.24) is 10.3 Å². The molecule has 0 aliphatic carbocycles. The molecular formula is C13H21N3O2. The number of nitrogens with zero attached hydrogens (tertiary/aromatic N) is 1. The van der Waals surface area contributed by atoms with E-state index in [9.17, 15) is 4.79 Å². The fourth-order valence-corrected chi connectivity index (χ4v) is 1.39. The van der Waals surface area contributed by atoms with Crippen LogP contribution >= 0.6 is 0 Å². The van der Waals surface area contributed by atoms with Gasteiger partial charge >= 0.3 is 6.09 Å². The minimum atomic E-state index is -0.491. The number of alkyl carbamates (subject to hydrolysis) is 1. The molecule has 100 valence electrons. The summed E-state index contributed by atoms with van der Waals surface area (Å²) >= 11 is 0. The Morgan fingerprint density at radius 2 is 2.22 bits per heavy atom. The van der Waals surface area contributed by atoms with E-state index >= 15 is 0 Å². The van der Waals surface area contributed by atoms with Crippen LogP contribution in [-0.4, -0.2) is 29.3 Å². The Bertz CT molecular complexity index is 374. The van der Waals surface area contributed by atoms with Gasteiger partial charge in [-0.15, -0.1) is 0 Å². The fraction of sp³-hybridized carbons (Fsp3) is 0.538. The predicted octanol–water partition coefficient (Wildman–Crippen LogP) is 1.48. The molecule has 0 aliphatic heterocycles. The molecule has 18 heavy (non-hydrogen) atoms. The van der Waals surface area contributed by atoms with Crippen molar-refractivity contribution >= 4 is 6.09 Å². The third kappa shape index (κ3) is 6.20. The first-order valence-corrected chi connectivity index (χ1v) is 5.99. The van der Waals surface area contributed by atoms with Gasteiger partial charge in [-0.1, -0.05) is 6.07 Å². The number of rotatable bonds is 4. The summed E-state index contributed by atoms with van der Waals surface area (Å²) in [7, 11) is 0. The van der Waals surface area contributed by atoms with Gasteiger partial charge in [0.05, 0.1) is 0 Å². The van der Waals surface area contributed by atoms with Gasteiger partial charge in [-0.25, -0.2) is 4.79 Å². The summed E-state index contributed by atoms with van der Waals surface area (Å²) in [4.78, 5) is 15.6. The Morgan fingerprint density at radius 3 is 2.78 bits per heavy atom. The summed E-state index contributed by atoms with van der Waals surface area (Å²) in [5.41, 5.74) is 6.33. The second kappa shape index (κ2) is 6.35. The molecule has 0 saturated heterocycles. The molecule has 1 amide bonds. The van der Waals surface area contributed by atoms with Crippen molar-refractivity contribution in [2.45, 2.75) is 38.8 Å². The Kier molecular flexibility index (Phi) is 5.09. The Morgan fingerprint density at radius 1 is 1.50 bits per heavy atom. The lowest BCUT2D eigenvalue weighted by Crippen LogP contribution is -2.41. The van der Waals surface area contributed by atoms with Crippen molar-refractivity contribution in [3.05, 3.63) is 30.1 Å². The minimum Gasteiger partial charge on any atom is -0.444 e. The average Bonchev–Trinajstić information content (AvgIpc) is 2.25. The number of nitrogens with one attached hydrogen (secondary N) is 1. The molecule has 3 N–H and O–H groups in total. The highest BCUT2D eigenvalue weighted by molar-refractivity contribution is 5.67. The molecule has 0 fully saturated rings. The second-order valence-corrected chi connectivity index (χ2v) is 5.17. The number of ether oxygens (including phenoxy) is 1. The maximum Gasteiger partial charge on any atom is 0.407 e. The minimum absolute atomic E-state index is 0.174. The molecule has 1 unspecified atom stereocenters. The van der Waals surface area contributed by atoms with Crippen LogP contribution in [0.25, 0.3) is 0 Å². The van der Waals surface area contributed by atoms with Gasteiger partial charge < -0.3 is 15.8 Å². The molecule has 0 aromatic carbocycles. The normalized spacial score (nSPS) is 12.9. The van der Waals surface area contributed by atoms with Crippen molar-refractivity contribution in [2.75, 3.05) is 6.54 Å². The summed E-state index contributed by atoms with van der Waals surface area (Å²) < 4.78 is 5.12. The molecule has 1 aromatic rings. The molecule has 1 atom stereocenters. The van der Waals surface area contributed by atoms with Gasteiger partial charge in [0, 0.05) is 30.9 Å². The van der Waals surface area contributed by atoms with Crippen LogP contribution in [0.15, 0.2) is 24.4 Å². The summed E-state index contributed by atoms with van der Waals surface area (Å²) in [6, 6.07) is 5.50. The Labute approximate surface area is 108 Å². The first-order chi connectivity index (χ1) is 8.37. The van der Waals surface area contributed by atoms with E-state index in [2.05, 4.69) is 10.3 Å². The van der Waals surface area contributed by atoms with Gasteiger partial charge in [0.2, 0.25) is 0 Å². The summed E-state index contributed by atoms with van der Waals surface area (Å²) in [6.45, 7) is 5.83. The Balaban J connectivity index is 2.29. The third-order valence-corrected chi connectivity index (χ3v) is 2.10. The molecule has 0 bridgehead atoms. The van der Waals surface area contributed by atoms with Gasteiger partial charge in [-0.2, -0.15) is 0 Å². The van der Waals surface area contributed by atoms with E-state index in [0.29, 0.717) is 13.0 Å². The zero-order valence-corrected chi connectivity index (χ0v) is 11.1. The number of hydrogen-bond donors (Lipinski definition) is 2. The van der Waals surface area contributed by atoms with Crippen molar-refractivity contribution in [1.29, 1.82) is 0 Å². The quantitative estimate of drug-likeness (QED) is 0.849. The van der Waals surface area contributed by atoms with Crippen LogP contribution in [0, 0.1) is 0 Å². The summed E-state index contributed by atoms with van der Waals surface area (Å²) in [6.07, 6.45) is 1.90. The molecule has 1 heterocycles. The van der Waals surface area contributed by atoms with E-state index in [0.717, 1.165) is 5.69 Å². The fourth-order valence-electron chi connectivity index (χ4n) is 1.39. The van der Waals surface area contributed by atoms with Crippen LogP contribution in [-0.2, 0) is 11.2 Å². The number of amides is 1. The molecule has 1 aromatic heterocycles. The van der Waals surface area contributed by atoms with Crippen molar-refractivity contribution in [2.24, 2.45) is 5.73 Å². The van der Waals surface area contributed by atoms with E-state index in [-0.39, 0.29) is 6.04 Å². The molecular weight excluding hydrogens is 230 g/mol. The highest BCUT2D eigenvalue weighted by Gasteiger charge is 2.16. The number of nitrogens with two attached hydrogens (primary N) is 1. The average molecular weight is 251 g/mol. The van der Waals surface area contributed by atoms with Crippen molar-refractivity contribution in [3.8, 4) is 0 Å². The van der Waals surface area contributed by atoms with Crippen molar-refractivity contribution in [3.63, 3.8) is 0 Å². The second-order valence-electron chi connectivity index (χ2n) is 5.17. The molecule has 0 radical (unpaired) electrons. The van der Waals surface area contributed by atoms with Crippen LogP contribution in [0.4, 0.5) is 4.79 Å². The first kappa shape index (κ1) is 14.4. The van der Waals surface area contributed by atoms with Gasteiger partial charge in [0.1, 0.15) is 5.60 Å².